The van der Waals surface area contributed by atoms with E-state index in [0.29, 0.717) is 6.54 Å². The van der Waals surface area contributed by atoms with E-state index >= 15 is 0 Å². The van der Waals surface area contributed by atoms with Gasteiger partial charge in [0, 0.05) is 23.1 Å². The molecule has 1 aliphatic rings. The van der Waals surface area contributed by atoms with E-state index in [-0.39, 0.29) is 11.3 Å². The molecule has 1 aromatic carbocycles. The van der Waals surface area contributed by atoms with Crippen LogP contribution in [0.5, 0.6) is 0 Å². The highest BCUT2D eigenvalue weighted by Gasteiger charge is 2.48. The maximum Gasteiger partial charge on any atom is 0.231 e. The summed E-state index contributed by atoms with van der Waals surface area (Å²) >= 11 is 0. The first-order valence-corrected chi connectivity index (χ1v) is 6.25. The third kappa shape index (κ3) is 1.61. The minimum atomic E-state index is -0.315. The number of para-hydroxylation sites is 1. The fourth-order valence-electron chi connectivity index (χ4n) is 2.36. The van der Waals surface area contributed by atoms with E-state index in [1.165, 1.54) is 0 Å². The molecule has 1 aliphatic carbocycles. The minimum absolute atomic E-state index is 0.0536. The van der Waals surface area contributed by atoms with Crippen LogP contribution in [0.15, 0.2) is 24.3 Å². The zero-order chi connectivity index (χ0) is 12.8. The van der Waals surface area contributed by atoms with Crippen LogP contribution in [0.4, 0.5) is 5.69 Å². The van der Waals surface area contributed by atoms with Crippen molar-refractivity contribution in [3.8, 4) is 0 Å². The zero-order valence-corrected chi connectivity index (χ0v) is 10.4. The molecular formula is C14H17N3O. The lowest BCUT2D eigenvalue weighted by Crippen LogP contribution is -2.30. The van der Waals surface area contributed by atoms with Gasteiger partial charge in [-0.2, -0.15) is 0 Å². The molecule has 0 spiro atoms. The third-order valence-corrected chi connectivity index (χ3v) is 3.86. The maximum absolute atomic E-state index is 12.2. The monoisotopic (exact) mass is 243 g/mol. The van der Waals surface area contributed by atoms with E-state index in [4.69, 9.17) is 5.73 Å². The Bertz CT molecular complexity index is 611. The topological polar surface area (TPSA) is 70.9 Å². The summed E-state index contributed by atoms with van der Waals surface area (Å²) in [5, 5.41) is 4.09. The van der Waals surface area contributed by atoms with Gasteiger partial charge in [-0.05, 0) is 25.8 Å². The maximum atomic E-state index is 12.2. The van der Waals surface area contributed by atoms with E-state index in [0.717, 1.165) is 35.1 Å². The van der Waals surface area contributed by atoms with Gasteiger partial charge in [-0.15, -0.1) is 0 Å². The van der Waals surface area contributed by atoms with Gasteiger partial charge in [0.1, 0.15) is 0 Å². The number of aryl methyl sites for hydroxylation is 1. The number of nitrogens with two attached hydrogens (primary N) is 1. The second-order valence-electron chi connectivity index (χ2n) is 5.11. The van der Waals surface area contributed by atoms with Gasteiger partial charge in [-0.25, -0.2) is 0 Å². The number of anilines is 1. The number of carbonyl (C=O) groups is 1. The van der Waals surface area contributed by atoms with Crippen LogP contribution in [0, 0.1) is 12.3 Å². The molecule has 0 aliphatic heterocycles. The minimum Gasteiger partial charge on any atom is -0.357 e. The van der Waals surface area contributed by atoms with Crippen molar-refractivity contribution < 1.29 is 4.79 Å². The number of aromatic amines is 1. The van der Waals surface area contributed by atoms with Crippen LogP contribution in [0.25, 0.3) is 10.9 Å². The highest BCUT2D eigenvalue weighted by Crippen LogP contribution is 2.45. The van der Waals surface area contributed by atoms with E-state index in [1.807, 2.05) is 31.2 Å². The first kappa shape index (κ1) is 11.3. The highest BCUT2D eigenvalue weighted by atomic mass is 16.2. The quantitative estimate of drug-likeness (QED) is 0.773. The highest BCUT2D eigenvalue weighted by molar-refractivity contribution is 6.05. The van der Waals surface area contributed by atoms with Crippen LogP contribution >= 0.6 is 0 Å². The Morgan fingerprint density at radius 1 is 1.44 bits per heavy atom. The molecule has 0 radical (unpaired) electrons. The molecule has 1 aromatic heterocycles. The van der Waals surface area contributed by atoms with E-state index in [2.05, 4.69) is 10.3 Å². The van der Waals surface area contributed by atoms with Gasteiger partial charge in [0.2, 0.25) is 5.91 Å². The summed E-state index contributed by atoms with van der Waals surface area (Å²) in [5.74, 6) is 0.0536. The van der Waals surface area contributed by atoms with Gasteiger partial charge in [-0.3, -0.25) is 4.79 Å². The molecule has 1 amide bonds. The van der Waals surface area contributed by atoms with Crippen LogP contribution in [0.3, 0.4) is 0 Å². The second kappa shape index (κ2) is 3.85. The molecule has 4 nitrogen and oxygen atoms in total. The van der Waals surface area contributed by atoms with Crippen LogP contribution in [0.1, 0.15) is 18.5 Å². The summed E-state index contributed by atoms with van der Waals surface area (Å²) in [6.45, 7) is 2.40. The standard InChI is InChI=1S/C14H17N3O/c1-9-12(10-4-2-3-5-11(10)16-9)17-13(18)14(8-15)6-7-14/h2-5,16H,6-8,15H2,1H3,(H,17,18). The molecule has 18 heavy (non-hydrogen) atoms. The van der Waals surface area contributed by atoms with Gasteiger partial charge in [-0.1, -0.05) is 18.2 Å². The lowest BCUT2D eigenvalue weighted by molar-refractivity contribution is -0.120. The molecule has 0 unspecified atom stereocenters. The number of aromatic nitrogens is 1. The first-order chi connectivity index (χ1) is 8.66. The number of amides is 1. The Balaban J connectivity index is 1.95. The SMILES string of the molecule is Cc1[nH]c2ccccc2c1NC(=O)C1(CN)CC1. The van der Waals surface area contributed by atoms with Crippen molar-refractivity contribution in [1.82, 2.24) is 4.98 Å². The Morgan fingerprint density at radius 2 is 2.17 bits per heavy atom. The molecule has 94 valence electrons. The summed E-state index contributed by atoms with van der Waals surface area (Å²) in [4.78, 5) is 15.5. The number of benzene rings is 1. The fourth-order valence-corrected chi connectivity index (χ4v) is 2.36. The number of hydrogen-bond donors (Lipinski definition) is 3. The summed E-state index contributed by atoms with van der Waals surface area (Å²) in [6.07, 6.45) is 1.80. The molecule has 4 heteroatoms. The van der Waals surface area contributed by atoms with Crippen LogP contribution in [0.2, 0.25) is 0 Å². The third-order valence-electron chi connectivity index (χ3n) is 3.86. The van der Waals surface area contributed by atoms with Crippen molar-refractivity contribution in [2.75, 3.05) is 11.9 Å². The van der Waals surface area contributed by atoms with Crippen LogP contribution in [-0.2, 0) is 4.79 Å². The van der Waals surface area contributed by atoms with Gasteiger partial charge in [0.05, 0.1) is 11.1 Å². The molecule has 2 aromatic rings. The summed E-state index contributed by atoms with van der Waals surface area (Å²) in [5.41, 5.74) is 8.28. The molecule has 3 rings (SSSR count). The Hall–Kier alpha value is -1.81. The largest absolute Gasteiger partial charge is 0.357 e. The lowest BCUT2D eigenvalue weighted by Gasteiger charge is -2.12. The number of fused-ring (bicyclic) bond motifs is 1. The van der Waals surface area contributed by atoms with Gasteiger partial charge in [0.25, 0.3) is 0 Å². The molecule has 0 atom stereocenters. The Morgan fingerprint density at radius 3 is 2.83 bits per heavy atom. The van der Waals surface area contributed by atoms with E-state index in [1.54, 1.807) is 0 Å². The lowest BCUT2D eigenvalue weighted by atomic mass is 10.1. The van der Waals surface area contributed by atoms with Gasteiger partial charge in [0.15, 0.2) is 0 Å². The van der Waals surface area contributed by atoms with Gasteiger partial charge < -0.3 is 16.0 Å². The number of H-pyrrole nitrogens is 1. The molecule has 0 saturated heterocycles. The average molecular weight is 243 g/mol. The predicted octanol–water partition coefficient (Wildman–Crippen LogP) is 2.15. The molecule has 1 heterocycles. The second-order valence-corrected chi connectivity index (χ2v) is 5.11. The molecule has 1 fully saturated rings. The van der Waals surface area contributed by atoms with Crippen LogP contribution < -0.4 is 11.1 Å². The molecule has 1 saturated carbocycles. The normalized spacial score (nSPS) is 16.8. The van der Waals surface area contributed by atoms with Crippen molar-refractivity contribution in [2.24, 2.45) is 11.1 Å². The van der Waals surface area contributed by atoms with Crippen LogP contribution in [-0.4, -0.2) is 17.4 Å². The number of hydrogen-bond acceptors (Lipinski definition) is 2. The Labute approximate surface area is 106 Å². The van der Waals surface area contributed by atoms with Crippen molar-refractivity contribution >= 4 is 22.5 Å². The van der Waals surface area contributed by atoms with E-state index < -0.39 is 0 Å². The summed E-state index contributed by atoms with van der Waals surface area (Å²) in [6, 6.07) is 7.97. The summed E-state index contributed by atoms with van der Waals surface area (Å²) in [7, 11) is 0. The zero-order valence-electron chi connectivity index (χ0n) is 10.4. The number of rotatable bonds is 3. The fraction of sp³-hybridized carbons (Fsp3) is 0.357. The number of nitrogens with one attached hydrogen (secondary N) is 2. The van der Waals surface area contributed by atoms with Gasteiger partial charge >= 0.3 is 0 Å². The first-order valence-electron chi connectivity index (χ1n) is 6.25. The van der Waals surface area contributed by atoms with E-state index in [9.17, 15) is 4.79 Å². The van der Waals surface area contributed by atoms with Crippen molar-refractivity contribution in [3.05, 3.63) is 30.0 Å². The molecule has 4 N–H and O–H groups in total. The smallest absolute Gasteiger partial charge is 0.231 e. The van der Waals surface area contributed by atoms with Crippen molar-refractivity contribution in [3.63, 3.8) is 0 Å². The van der Waals surface area contributed by atoms with Crippen molar-refractivity contribution in [2.45, 2.75) is 19.8 Å². The number of carbonyl (C=O) groups excluding carboxylic acids is 1. The average Bonchev–Trinajstić information content (AvgIpc) is 3.12. The Kier molecular flexibility index (Phi) is 2.41. The van der Waals surface area contributed by atoms with Crippen molar-refractivity contribution in [1.29, 1.82) is 0 Å². The molecule has 0 bridgehead atoms. The molecular weight excluding hydrogens is 226 g/mol. The summed E-state index contributed by atoms with van der Waals surface area (Å²) < 4.78 is 0. The predicted molar refractivity (Wildman–Crippen MR) is 72.4 cm³/mol.